The van der Waals surface area contributed by atoms with Crippen molar-refractivity contribution >= 4 is 22.4 Å². The number of nitrogens with zero attached hydrogens (tertiary/aromatic N) is 5. The molecule has 4 heterocycles. The van der Waals surface area contributed by atoms with Crippen LogP contribution in [0.3, 0.4) is 0 Å². The average Bonchev–Trinajstić information content (AvgIpc) is 3.62. The molecule has 160 valence electrons. The van der Waals surface area contributed by atoms with E-state index in [9.17, 15) is 4.79 Å². The first-order valence-electron chi connectivity index (χ1n) is 10.3. The number of furan rings is 1. The molecule has 33 heavy (non-hydrogen) atoms. The summed E-state index contributed by atoms with van der Waals surface area (Å²) < 4.78 is 9.27. The van der Waals surface area contributed by atoms with E-state index in [1.54, 1.807) is 10.9 Å². The highest BCUT2D eigenvalue weighted by molar-refractivity contribution is 7.15. The summed E-state index contributed by atoms with van der Waals surface area (Å²) in [6, 6.07) is 21.3. The molecule has 0 atom stereocenters. The Labute approximate surface area is 191 Å². The van der Waals surface area contributed by atoms with Crippen molar-refractivity contribution in [1.29, 1.82) is 0 Å². The van der Waals surface area contributed by atoms with E-state index in [2.05, 4.69) is 10.1 Å². The van der Waals surface area contributed by atoms with Crippen LogP contribution in [0.25, 0.3) is 39.6 Å². The minimum atomic E-state index is -0.208. The molecule has 0 spiro atoms. The van der Waals surface area contributed by atoms with Crippen molar-refractivity contribution in [2.75, 3.05) is 0 Å². The van der Waals surface area contributed by atoms with Crippen LogP contribution in [0.5, 0.6) is 0 Å². The molecule has 0 aliphatic heterocycles. The Hall–Kier alpha value is -4.30. The number of fused-ring (bicyclic) bond motifs is 1. The van der Waals surface area contributed by atoms with Crippen LogP contribution in [0.1, 0.15) is 11.1 Å². The van der Waals surface area contributed by atoms with E-state index in [0.717, 1.165) is 22.4 Å². The van der Waals surface area contributed by atoms with Gasteiger partial charge in [-0.3, -0.25) is 4.79 Å². The third kappa shape index (κ3) is 3.37. The normalized spacial score (nSPS) is 12.1. The monoisotopic (exact) mass is 451 g/mol. The Morgan fingerprint density at radius 2 is 1.79 bits per heavy atom. The summed E-state index contributed by atoms with van der Waals surface area (Å²) in [6.45, 7) is 2.00. The molecular weight excluding hydrogens is 434 g/mol. The Bertz CT molecular complexity index is 1700. The summed E-state index contributed by atoms with van der Waals surface area (Å²) in [5.41, 5.74) is 4.12. The molecule has 0 amide bonds. The van der Waals surface area contributed by atoms with Crippen molar-refractivity contribution in [3.8, 4) is 28.5 Å². The zero-order valence-corrected chi connectivity index (χ0v) is 18.4. The number of aromatic nitrogens is 5. The maximum Gasteiger partial charge on any atom is 0.291 e. The van der Waals surface area contributed by atoms with Gasteiger partial charge in [-0.15, -0.1) is 5.10 Å². The van der Waals surface area contributed by atoms with Crippen LogP contribution in [-0.4, -0.2) is 24.4 Å². The molecule has 0 aliphatic carbocycles. The van der Waals surface area contributed by atoms with Crippen molar-refractivity contribution in [1.82, 2.24) is 24.4 Å². The van der Waals surface area contributed by atoms with Crippen LogP contribution in [0.4, 0.5) is 0 Å². The van der Waals surface area contributed by atoms with Crippen LogP contribution < -0.4 is 10.1 Å². The standard InChI is InChI=1S/C25H17N5O2S/c1-16-8-5-6-11-19(16)23-26-25-30(28-23)24(31)21(33-25)14-17-15-29(18-9-3-2-4-10-18)27-22(17)20-12-7-13-32-20/h2-15H,1H3/b21-14-. The summed E-state index contributed by atoms with van der Waals surface area (Å²) >= 11 is 1.30. The SMILES string of the molecule is Cc1ccccc1-c1nc2s/c(=C\c3cn(-c4ccccc4)nc3-c3ccco3)c(=O)n2n1. The molecule has 0 aliphatic rings. The average molecular weight is 452 g/mol. The molecule has 8 heteroatoms. The van der Waals surface area contributed by atoms with Gasteiger partial charge in [-0.25, -0.2) is 4.68 Å². The first kappa shape index (κ1) is 19.4. The summed E-state index contributed by atoms with van der Waals surface area (Å²) in [6.07, 6.45) is 5.32. The highest BCUT2D eigenvalue weighted by Gasteiger charge is 2.16. The molecule has 0 saturated heterocycles. The van der Waals surface area contributed by atoms with Crippen LogP contribution in [0, 0.1) is 6.92 Å². The molecule has 4 aromatic heterocycles. The predicted molar refractivity (Wildman–Crippen MR) is 127 cm³/mol. The molecule has 0 unspecified atom stereocenters. The van der Waals surface area contributed by atoms with Gasteiger partial charge < -0.3 is 4.42 Å². The highest BCUT2D eigenvalue weighted by atomic mass is 32.1. The van der Waals surface area contributed by atoms with Crippen LogP contribution in [0.2, 0.25) is 0 Å². The summed E-state index contributed by atoms with van der Waals surface area (Å²) in [7, 11) is 0. The van der Waals surface area contributed by atoms with E-state index in [0.29, 0.717) is 26.8 Å². The van der Waals surface area contributed by atoms with E-state index in [4.69, 9.17) is 9.52 Å². The Kier molecular flexibility index (Phi) is 4.51. The molecule has 6 rings (SSSR count). The van der Waals surface area contributed by atoms with Crippen LogP contribution in [0.15, 0.2) is 88.4 Å². The number of aryl methyl sites for hydroxylation is 1. The van der Waals surface area contributed by atoms with Crippen LogP contribution in [-0.2, 0) is 0 Å². The summed E-state index contributed by atoms with van der Waals surface area (Å²) in [5.74, 6) is 1.18. The molecule has 0 radical (unpaired) electrons. The van der Waals surface area contributed by atoms with Gasteiger partial charge in [0.25, 0.3) is 5.56 Å². The topological polar surface area (TPSA) is 78.2 Å². The van der Waals surface area contributed by atoms with E-state index in [1.165, 1.54) is 15.9 Å². The van der Waals surface area contributed by atoms with Crippen molar-refractivity contribution in [2.24, 2.45) is 0 Å². The van der Waals surface area contributed by atoms with E-state index < -0.39 is 0 Å². The zero-order valence-electron chi connectivity index (χ0n) is 17.5. The number of hydrogen-bond donors (Lipinski definition) is 0. The minimum absolute atomic E-state index is 0.208. The second-order valence-corrected chi connectivity index (χ2v) is 8.56. The van der Waals surface area contributed by atoms with Crippen molar-refractivity contribution < 1.29 is 4.42 Å². The van der Waals surface area contributed by atoms with Crippen LogP contribution >= 0.6 is 11.3 Å². The Morgan fingerprint density at radius 3 is 2.55 bits per heavy atom. The molecule has 7 nitrogen and oxygen atoms in total. The fourth-order valence-corrected chi connectivity index (χ4v) is 4.62. The highest BCUT2D eigenvalue weighted by Crippen LogP contribution is 2.25. The second-order valence-electron chi connectivity index (χ2n) is 7.55. The zero-order chi connectivity index (χ0) is 22.4. The Balaban J connectivity index is 1.49. The maximum atomic E-state index is 13.1. The van der Waals surface area contributed by atoms with Gasteiger partial charge in [0.05, 0.1) is 16.5 Å². The fourth-order valence-electron chi connectivity index (χ4n) is 3.72. The lowest BCUT2D eigenvalue weighted by Crippen LogP contribution is -2.23. The van der Waals surface area contributed by atoms with Gasteiger partial charge in [-0.05, 0) is 42.8 Å². The molecule has 0 bridgehead atoms. The molecule has 0 saturated carbocycles. The number of para-hydroxylation sites is 1. The second kappa shape index (κ2) is 7.68. The largest absolute Gasteiger partial charge is 0.463 e. The lowest BCUT2D eigenvalue weighted by atomic mass is 10.1. The summed E-state index contributed by atoms with van der Waals surface area (Å²) in [4.78, 5) is 18.3. The van der Waals surface area contributed by atoms with Gasteiger partial charge in [0, 0.05) is 17.3 Å². The van der Waals surface area contributed by atoms with Gasteiger partial charge >= 0.3 is 0 Å². The van der Waals surface area contributed by atoms with E-state index >= 15 is 0 Å². The quantitative estimate of drug-likeness (QED) is 0.403. The van der Waals surface area contributed by atoms with Gasteiger partial charge in [0.1, 0.15) is 5.69 Å². The molecule has 6 aromatic rings. The van der Waals surface area contributed by atoms with Gasteiger partial charge in [-0.2, -0.15) is 14.6 Å². The smallest absolute Gasteiger partial charge is 0.291 e. The molecule has 0 N–H and O–H groups in total. The van der Waals surface area contributed by atoms with Gasteiger partial charge in [0.15, 0.2) is 11.6 Å². The Morgan fingerprint density at radius 1 is 0.970 bits per heavy atom. The maximum absolute atomic E-state index is 13.1. The third-order valence-electron chi connectivity index (χ3n) is 5.37. The third-order valence-corrected chi connectivity index (χ3v) is 6.33. The predicted octanol–water partition coefficient (Wildman–Crippen LogP) is 4.12. The van der Waals surface area contributed by atoms with E-state index in [-0.39, 0.29) is 5.56 Å². The number of benzene rings is 2. The summed E-state index contributed by atoms with van der Waals surface area (Å²) in [5, 5.41) is 9.18. The molecular formula is C25H17N5O2S. The van der Waals surface area contributed by atoms with Crippen molar-refractivity contribution in [2.45, 2.75) is 6.92 Å². The lowest BCUT2D eigenvalue weighted by molar-refractivity contribution is 0.579. The molecule has 2 aromatic carbocycles. The number of rotatable bonds is 4. The van der Waals surface area contributed by atoms with Crippen molar-refractivity contribution in [3.63, 3.8) is 0 Å². The first-order chi connectivity index (χ1) is 16.2. The van der Waals surface area contributed by atoms with Gasteiger partial charge in [-0.1, -0.05) is 53.8 Å². The minimum Gasteiger partial charge on any atom is -0.463 e. The first-order valence-corrected chi connectivity index (χ1v) is 11.2. The van der Waals surface area contributed by atoms with E-state index in [1.807, 2.05) is 85.9 Å². The molecule has 0 fully saturated rings. The number of hydrogen-bond acceptors (Lipinski definition) is 6. The lowest BCUT2D eigenvalue weighted by Gasteiger charge is -1.98. The van der Waals surface area contributed by atoms with Crippen molar-refractivity contribution in [3.05, 3.63) is 105 Å². The fraction of sp³-hybridized carbons (Fsp3) is 0.0400. The number of thiazole rings is 1. The van der Waals surface area contributed by atoms with Gasteiger partial charge in [0.2, 0.25) is 4.96 Å².